The number of aromatic amines is 4. The van der Waals surface area contributed by atoms with Gasteiger partial charge in [0.1, 0.15) is 0 Å². The van der Waals surface area contributed by atoms with Crippen molar-refractivity contribution in [3.63, 3.8) is 0 Å². The monoisotopic (exact) mass is 282 g/mol. The molecule has 0 unspecified atom stereocenters. The fourth-order valence-electron chi connectivity index (χ4n) is 2.88. The van der Waals surface area contributed by atoms with Gasteiger partial charge in [-0.05, 0) is 25.7 Å². The predicted octanol–water partition coefficient (Wildman–Crippen LogP) is -1.60. The molecule has 2 aromatic heterocycles. The summed E-state index contributed by atoms with van der Waals surface area (Å²) in [6.45, 7) is 0. The molecule has 1 fully saturated rings. The molecule has 0 radical (unpaired) electrons. The van der Waals surface area contributed by atoms with E-state index in [0.717, 1.165) is 9.13 Å². The minimum atomic E-state index is -0.463. The van der Waals surface area contributed by atoms with Crippen molar-refractivity contribution in [2.45, 2.75) is 37.8 Å². The number of hydrogen-bond donors (Lipinski definition) is 4. The van der Waals surface area contributed by atoms with Crippen LogP contribution in [0.25, 0.3) is 0 Å². The van der Waals surface area contributed by atoms with E-state index >= 15 is 0 Å². The van der Waals surface area contributed by atoms with Gasteiger partial charge in [0.2, 0.25) is 0 Å². The molecule has 1 saturated carbocycles. The molecule has 108 valence electrons. The maximum atomic E-state index is 11.5. The van der Waals surface area contributed by atoms with Gasteiger partial charge in [-0.1, -0.05) is 0 Å². The van der Waals surface area contributed by atoms with Gasteiger partial charge in [-0.3, -0.25) is 0 Å². The summed E-state index contributed by atoms with van der Waals surface area (Å²) in [5.74, 6) is 0. The summed E-state index contributed by atoms with van der Waals surface area (Å²) in [4.78, 5) is 46.1. The molecule has 0 bridgehead atoms. The average Bonchev–Trinajstić information content (AvgIpc) is 2.94. The molecule has 0 saturated heterocycles. The number of H-pyrrole nitrogens is 4. The summed E-state index contributed by atoms with van der Waals surface area (Å²) in [5, 5.41) is 8.98. The molecule has 0 spiro atoms. The fraction of sp³-hybridized carbons (Fsp3) is 0.600. The van der Waals surface area contributed by atoms with Gasteiger partial charge in [0.15, 0.2) is 0 Å². The van der Waals surface area contributed by atoms with Crippen LogP contribution in [0.5, 0.6) is 0 Å². The number of hydrogen-bond acceptors (Lipinski definition) is 4. The van der Waals surface area contributed by atoms with E-state index in [4.69, 9.17) is 0 Å². The van der Waals surface area contributed by atoms with Crippen LogP contribution in [0.3, 0.4) is 0 Å². The highest BCUT2D eigenvalue weighted by molar-refractivity contribution is 4.85. The number of aromatic nitrogens is 6. The van der Waals surface area contributed by atoms with Gasteiger partial charge in [0.25, 0.3) is 0 Å². The van der Waals surface area contributed by atoms with Crippen molar-refractivity contribution in [2.24, 2.45) is 0 Å². The zero-order valence-corrected chi connectivity index (χ0v) is 10.5. The smallest absolute Gasteiger partial charge is 0.247 e. The van der Waals surface area contributed by atoms with E-state index in [0.29, 0.717) is 25.7 Å². The van der Waals surface area contributed by atoms with Crippen molar-refractivity contribution in [3.8, 4) is 0 Å². The van der Waals surface area contributed by atoms with Gasteiger partial charge in [-0.15, -0.1) is 0 Å². The molecule has 2 aromatic rings. The summed E-state index contributed by atoms with van der Waals surface area (Å²) in [5.41, 5.74) is -1.85. The zero-order valence-electron chi connectivity index (χ0n) is 10.5. The van der Waals surface area contributed by atoms with Crippen LogP contribution in [0.4, 0.5) is 0 Å². The van der Waals surface area contributed by atoms with Gasteiger partial charge in [0.05, 0.1) is 0 Å². The maximum absolute atomic E-state index is 11.5. The highest BCUT2D eigenvalue weighted by Crippen LogP contribution is 2.32. The minimum absolute atomic E-state index is 0.206. The standard InChI is InChI=1S/C10H14N6O4/c17-7-11-12-8(18)15(7)5-1-2-6(4-3-5)16-9(19)13-14-10(16)20/h5-6H,1-4H2,(H,11,17)(H,12,18)(H,13,19)(H,14,20). The van der Waals surface area contributed by atoms with E-state index < -0.39 is 22.8 Å². The molecule has 1 aliphatic carbocycles. The molecule has 0 aromatic carbocycles. The molecule has 4 N–H and O–H groups in total. The van der Waals surface area contributed by atoms with Crippen LogP contribution >= 0.6 is 0 Å². The molecule has 0 aliphatic heterocycles. The Hall–Kier alpha value is -2.52. The zero-order chi connectivity index (χ0) is 14.3. The van der Waals surface area contributed by atoms with Crippen LogP contribution in [0.2, 0.25) is 0 Å². The Bertz CT molecular complexity index is 696. The highest BCUT2D eigenvalue weighted by atomic mass is 16.2. The molecule has 0 amide bonds. The topological polar surface area (TPSA) is 141 Å². The summed E-state index contributed by atoms with van der Waals surface area (Å²) in [6.07, 6.45) is 2.23. The van der Waals surface area contributed by atoms with Crippen molar-refractivity contribution in [1.82, 2.24) is 29.5 Å². The van der Waals surface area contributed by atoms with Crippen LogP contribution in [-0.2, 0) is 0 Å². The van der Waals surface area contributed by atoms with Crippen molar-refractivity contribution in [2.75, 3.05) is 0 Å². The molecule has 10 nitrogen and oxygen atoms in total. The van der Waals surface area contributed by atoms with Crippen molar-refractivity contribution in [1.29, 1.82) is 0 Å². The lowest BCUT2D eigenvalue weighted by molar-refractivity contribution is 0.261. The van der Waals surface area contributed by atoms with Gasteiger partial charge in [-0.25, -0.2) is 48.7 Å². The predicted molar refractivity (Wildman–Crippen MR) is 67.9 cm³/mol. The van der Waals surface area contributed by atoms with Crippen LogP contribution in [0, 0.1) is 0 Å². The quantitative estimate of drug-likeness (QED) is 0.526. The third-order valence-corrected chi connectivity index (χ3v) is 3.82. The Kier molecular flexibility index (Phi) is 2.84. The van der Waals surface area contributed by atoms with Gasteiger partial charge < -0.3 is 0 Å². The van der Waals surface area contributed by atoms with E-state index in [-0.39, 0.29) is 12.1 Å². The normalized spacial score (nSPS) is 23.0. The second kappa shape index (κ2) is 4.54. The Labute approximate surface area is 110 Å². The summed E-state index contributed by atoms with van der Waals surface area (Å²) >= 11 is 0. The minimum Gasteiger partial charge on any atom is -0.247 e. The molecule has 20 heavy (non-hydrogen) atoms. The second-order valence-electron chi connectivity index (χ2n) is 4.92. The lowest BCUT2D eigenvalue weighted by Gasteiger charge is -2.27. The lowest BCUT2D eigenvalue weighted by atomic mass is 9.91. The van der Waals surface area contributed by atoms with E-state index in [1.54, 1.807) is 0 Å². The third kappa shape index (κ3) is 1.89. The molecule has 10 heteroatoms. The average molecular weight is 282 g/mol. The van der Waals surface area contributed by atoms with Crippen molar-refractivity contribution >= 4 is 0 Å². The third-order valence-electron chi connectivity index (χ3n) is 3.82. The van der Waals surface area contributed by atoms with Gasteiger partial charge >= 0.3 is 22.8 Å². The molecule has 0 atom stereocenters. The van der Waals surface area contributed by atoms with Gasteiger partial charge in [0, 0.05) is 12.1 Å². The molecule has 3 rings (SSSR count). The van der Waals surface area contributed by atoms with Gasteiger partial charge in [-0.2, -0.15) is 0 Å². The van der Waals surface area contributed by atoms with Crippen LogP contribution in [0.1, 0.15) is 37.8 Å². The van der Waals surface area contributed by atoms with E-state index in [2.05, 4.69) is 20.4 Å². The molecular formula is C10H14N6O4. The fourth-order valence-corrected chi connectivity index (χ4v) is 2.88. The number of nitrogens with one attached hydrogen (secondary N) is 4. The highest BCUT2D eigenvalue weighted by Gasteiger charge is 2.27. The van der Waals surface area contributed by atoms with E-state index in [9.17, 15) is 19.2 Å². The van der Waals surface area contributed by atoms with Crippen LogP contribution < -0.4 is 22.8 Å². The largest absolute Gasteiger partial charge is 0.344 e. The molecule has 1 aliphatic rings. The number of nitrogens with zero attached hydrogens (tertiary/aromatic N) is 2. The Morgan fingerprint density at radius 1 is 0.600 bits per heavy atom. The van der Waals surface area contributed by atoms with E-state index in [1.807, 2.05) is 0 Å². The molecule has 2 heterocycles. The molecular weight excluding hydrogens is 268 g/mol. The Balaban J connectivity index is 1.81. The summed E-state index contributed by atoms with van der Waals surface area (Å²) in [7, 11) is 0. The summed E-state index contributed by atoms with van der Waals surface area (Å²) in [6, 6.07) is -0.412. The summed E-state index contributed by atoms with van der Waals surface area (Å²) < 4.78 is 2.31. The number of rotatable bonds is 2. The maximum Gasteiger partial charge on any atom is 0.344 e. The van der Waals surface area contributed by atoms with Crippen LogP contribution in [0.15, 0.2) is 19.2 Å². The van der Waals surface area contributed by atoms with Crippen molar-refractivity contribution in [3.05, 3.63) is 41.9 Å². The SMILES string of the molecule is O=c1[nH][nH]c(=O)n1C1CCC(n2c(=O)[nH][nH]c2=O)CC1. The second-order valence-corrected chi connectivity index (χ2v) is 4.92. The first kappa shape index (κ1) is 12.5. The lowest BCUT2D eigenvalue weighted by Crippen LogP contribution is -2.37. The van der Waals surface area contributed by atoms with Crippen LogP contribution in [-0.4, -0.2) is 29.5 Å². The van der Waals surface area contributed by atoms with Crippen molar-refractivity contribution < 1.29 is 0 Å². The first-order valence-corrected chi connectivity index (χ1v) is 6.36. The first-order chi connectivity index (χ1) is 9.58. The Morgan fingerprint density at radius 3 is 1.10 bits per heavy atom. The first-order valence-electron chi connectivity index (χ1n) is 6.36. The van der Waals surface area contributed by atoms with E-state index in [1.165, 1.54) is 0 Å². The Morgan fingerprint density at radius 2 is 0.850 bits per heavy atom.